The Bertz CT molecular complexity index is 1140. The minimum Gasteiger partial charge on any atom is -0.493 e. The smallest absolute Gasteiger partial charge is 0.272 e. The summed E-state index contributed by atoms with van der Waals surface area (Å²) in [6.07, 6.45) is 4.75. The fourth-order valence-corrected chi connectivity index (χ4v) is 3.88. The van der Waals surface area contributed by atoms with Gasteiger partial charge in [-0.3, -0.25) is 9.59 Å². The number of aromatic nitrogens is 2. The molecule has 3 aromatic rings. The van der Waals surface area contributed by atoms with E-state index in [-0.39, 0.29) is 29.3 Å². The Morgan fingerprint density at radius 2 is 1.81 bits per heavy atom. The van der Waals surface area contributed by atoms with E-state index in [9.17, 15) is 9.59 Å². The van der Waals surface area contributed by atoms with Gasteiger partial charge in [-0.15, -0.1) is 0 Å². The summed E-state index contributed by atoms with van der Waals surface area (Å²) in [4.78, 5) is 25.0. The molecule has 1 heterocycles. The van der Waals surface area contributed by atoms with Gasteiger partial charge in [0.25, 0.3) is 11.5 Å². The van der Waals surface area contributed by atoms with Crippen molar-refractivity contribution in [2.24, 2.45) is 0 Å². The maximum Gasteiger partial charge on any atom is 0.272 e. The molecule has 0 spiro atoms. The molecule has 1 aliphatic rings. The Labute approximate surface area is 187 Å². The van der Waals surface area contributed by atoms with Gasteiger partial charge in [0.05, 0.1) is 24.9 Å². The van der Waals surface area contributed by atoms with Gasteiger partial charge in [-0.1, -0.05) is 24.3 Å². The summed E-state index contributed by atoms with van der Waals surface area (Å²) >= 11 is 0. The molecule has 2 aromatic carbocycles. The first-order valence-electron chi connectivity index (χ1n) is 10.9. The third-order valence-corrected chi connectivity index (χ3v) is 5.66. The van der Waals surface area contributed by atoms with Crippen molar-refractivity contribution in [3.63, 3.8) is 0 Å². The number of benzene rings is 2. The number of nitrogens with zero attached hydrogens (tertiary/aromatic N) is 2. The average Bonchev–Trinajstić information content (AvgIpc) is 3.33. The molecule has 0 radical (unpaired) electrons. The summed E-state index contributed by atoms with van der Waals surface area (Å²) in [6.45, 7) is 1.89. The van der Waals surface area contributed by atoms with Crippen molar-refractivity contribution in [1.29, 1.82) is 0 Å². The van der Waals surface area contributed by atoms with Crippen molar-refractivity contribution < 1.29 is 14.3 Å². The molecule has 1 unspecified atom stereocenters. The molecule has 1 aromatic heterocycles. The molecule has 7 nitrogen and oxygen atoms in total. The number of ether oxygens (including phenoxy) is 2. The maximum absolute atomic E-state index is 12.8. The van der Waals surface area contributed by atoms with Crippen LogP contribution in [0.4, 0.5) is 0 Å². The van der Waals surface area contributed by atoms with Crippen LogP contribution in [0.3, 0.4) is 0 Å². The van der Waals surface area contributed by atoms with E-state index < -0.39 is 0 Å². The molecule has 1 amide bonds. The van der Waals surface area contributed by atoms with Gasteiger partial charge in [-0.25, -0.2) is 0 Å². The van der Waals surface area contributed by atoms with Crippen molar-refractivity contribution >= 4 is 5.91 Å². The summed E-state index contributed by atoms with van der Waals surface area (Å²) in [5, 5.41) is 7.18. The fourth-order valence-electron chi connectivity index (χ4n) is 3.88. The number of hydrogen-bond donors (Lipinski definition) is 1. The van der Waals surface area contributed by atoms with Gasteiger partial charge in [0.1, 0.15) is 5.69 Å². The van der Waals surface area contributed by atoms with Crippen LogP contribution in [0.1, 0.15) is 54.7 Å². The third kappa shape index (κ3) is 4.82. The lowest BCUT2D eigenvalue weighted by Gasteiger charge is -2.19. The van der Waals surface area contributed by atoms with Crippen LogP contribution in [0.25, 0.3) is 5.69 Å². The molecule has 7 heteroatoms. The van der Waals surface area contributed by atoms with Gasteiger partial charge < -0.3 is 14.8 Å². The zero-order valence-corrected chi connectivity index (χ0v) is 18.3. The van der Waals surface area contributed by atoms with E-state index >= 15 is 0 Å². The predicted octanol–water partition coefficient (Wildman–Crippen LogP) is 4.05. The molecule has 4 rings (SSSR count). The Kier molecular flexibility index (Phi) is 6.54. The minimum atomic E-state index is -0.368. The predicted molar refractivity (Wildman–Crippen MR) is 122 cm³/mol. The highest BCUT2D eigenvalue weighted by Gasteiger charge is 2.20. The monoisotopic (exact) mass is 433 g/mol. The van der Waals surface area contributed by atoms with Crippen molar-refractivity contribution in [3.05, 3.63) is 82.3 Å². The molecule has 1 aliphatic carbocycles. The highest BCUT2D eigenvalue weighted by molar-refractivity contribution is 5.92. The second-order valence-electron chi connectivity index (χ2n) is 7.93. The molecular formula is C25H27N3O4. The summed E-state index contributed by atoms with van der Waals surface area (Å²) in [6, 6.07) is 17.2. The fraction of sp³-hybridized carbons (Fsp3) is 0.320. The zero-order valence-electron chi connectivity index (χ0n) is 18.3. The lowest BCUT2D eigenvalue weighted by atomic mass is 10.1. The van der Waals surface area contributed by atoms with E-state index in [0.29, 0.717) is 11.4 Å². The van der Waals surface area contributed by atoms with E-state index in [1.165, 1.54) is 29.7 Å². The van der Waals surface area contributed by atoms with Crippen molar-refractivity contribution in [2.45, 2.75) is 44.8 Å². The average molecular weight is 434 g/mol. The number of hydrogen-bond acceptors (Lipinski definition) is 5. The summed E-state index contributed by atoms with van der Waals surface area (Å²) in [5.41, 5.74) is 1.34. The van der Waals surface area contributed by atoms with Crippen LogP contribution in [-0.4, -0.2) is 28.9 Å². The van der Waals surface area contributed by atoms with Crippen molar-refractivity contribution in [1.82, 2.24) is 15.1 Å². The van der Waals surface area contributed by atoms with Crippen LogP contribution < -0.4 is 20.3 Å². The highest BCUT2D eigenvalue weighted by atomic mass is 16.5. The zero-order chi connectivity index (χ0) is 22.5. The SMILES string of the molecule is COc1cc(C(C)NC(=O)c2ccc(=O)n(-c3ccccc3)n2)ccc1OC1CCCC1. The van der Waals surface area contributed by atoms with Crippen LogP contribution in [0.5, 0.6) is 11.5 Å². The van der Waals surface area contributed by atoms with Gasteiger partial charge in [0.15, 0.2) is 11.5 Å². The number of nitrogens with one attached hydrogen (secondary N) is 1. The minimum absolute atomic E-state index is 0.161. The first kappa shape index (κ1) is 21.6. The molecular weight excluding hydrogens is 406 g/mol. The third-order valence-electron chi connectivity index (χ3n) is 5.66. The second kappa shape index (κ2) is 9.68. The maximum atomic E-state index is 12.8. The summed E-state index contributed by atoms with van der Waals surface area (Å²) in [5.74, 6) is 0.997. The molecule has 32 heavy (non-hydrogen) atoms. The van der Waals surface area contributed by atoms with Crippen molar-refractivity contribution in [2.75, 3.05) is 7.11 Å². The van der Waals surface area contributed by atoms with E-state index in [1.54, 1.807) is 19.2 Å². The first-order chi connectivity index (χ1) is 15.5. The van der Waals surface area contributed by atoms with Crippen LogP contribution in [0.15, 0.2) is 65.5 Å². The lowest BCUT2D eigenvalue weighted by Crippen LogP contribution is -2.30. The molecule has 1 saturated carbocycles. The number of para-hydroxylation sites is 1. The number of rotatable bonds is 7. The first-order valence-corrected chi connectivity index (χ1v) is 10.9. The number of carbonyl (C=O) groups excluding carboxylic acids is 1. The molecule has 1 fully saturated rings. The van der Waals surface area contributed by atoms with Crippen LogP contribution >= 0.6 is 0 Å². The van der Waals surface area contributed by atoms with Crippen LogP contribution in [0, 0.1) is 0 Å². The van der Waals surface area contributed by atoms with Gasteiger partial charge >= 0.3 is 0 Å². The van der Waals surface area contributed by atoms with E-state index in [2.05, 4.69) is 10.4 Å². The van der Waals surface area contributed by atoms with Crippen LogP contribution in [0.2, 0.25) is 0 Å². The summed E-state index contributed by atoms with van der Waals surface area (Å²) < 4.78 is 12.8. The number of amides is 1. The number of methoxy groups -OCH3 is 1. The van der Waals surface area contributed by atoms with Crippen LogP contribution in [-0.2, 0) is 0 Å². The lowest BCUT2D eigenvalue weighted by molar-refractivity contribution is 0.0933. The molecule has 166 valence electrons. The second-order valence-corrected chi connectivity index (χ2v) is 7.93. The standard InChI is InChI=1S/C25H27N3O4/c1-17(18-12-14-22(23(16-18)31-2)32-20-10-6-7-11-20)26-25(30)21-13-15-24(29)28(27-21)19-8-4-3-5-9-19/h3-5,8-9,12-17,20H,6-7,10-11H2,1-2H3,(H,26,30). The van der Waals surface area contributed by atoms with E-state index in [4.69, 9.17) is 9.47 Å². The molecule has 0 aliphatic heterocycles. The Morgan fingerprint density at radius 3 is 2.53 bits per heavy atom. The van der Waals surface area contributed by atoms with E-state index in [0.717, 1.165) is 24.2 Å². The normalized spacial score (nSPS) is 14.7. The quantitative estimate of drug-likeness (QED) is 0.608. The molecule has 1 atom stereocenters. The van der Waals surface area contributed by atoms with Gasteiger partial charge in [-0.05, 0) is 68.5 Å². The van der Waals surface area contributed by atoms with Crippen molar-refractivity contribution in [3.8, 4) is 17.2 Å². The Hall–Kier alpha value is -3.61. The molecule has 0 bridgehead atoms. The Balaban J connectivity index is 1.49. The van der Waals surface area contributed by atoms with E-state index in [1.807, 2.05) is 43.3 Å². The summed E-state index contributed by atoms with van der Waals surface area (Å²) in [7, 11) is 1.61. The molecule has 1 N–H and O–H groups in total. The van der Waals surface area contributed by atoms with Gasteiger partial charge in [0, 0.05) is 6.07 Å². The molecule has 0 saturated heterocycles. The topological polar surface area (TPSA) is 82.5 Å². The van der Waals surface area contributed by atoms with Gasteiger partial charge in [-0.2, -0.15) is 9.78 Å². The number of carbonyl (C=O) groups is 1. The van der Waals surface area contributed by atoms with Gasteiger partial charge in [0.2, 0.25) is 0 Å². The highest BCUT2D eigenvalue weighted by Crippen LogP contribution is 2.33. The Morgan fingerprint density at radius 1 is 1.06 bits per heavy atom. The largest absolute Gasteiger partial charge is 0.493 e.